The zero-order valence-electron chi connectivity index (χ0n) is 12.2. The Morgan fingerprint density at radius 3 is 2.96 bits per heavy atom. The maximum atomic E-state index is 5.99. The number of rotatable bonds is 5. The Kier molecular flexibility index (Phi) is 3.76. The summed E-state index contributed by atoms with van der Waals surface area (Å²) in [6.07, 6.45) is 4.09. The first-order valence-corrected chi connectivity index (χ1v) is 8.98. The molecule has 0 bridgehead atoms. The largest absolute Gasteiger partial charge is 0.368 e. The van der Waals surface area contributed by atoms with Crippen molar-refractivity contribution in [2.45, 2.75) is 17.5 Å². The number of benzene rings is 1. The molecule has 0 atom stereocenters. The van der Waals surface area contributed by atoms with Crippen molar-refractivity contribution in [1.29, 1.82) is 0 Å². The zero-order chi connectivity index (χ0) is 15.6. The molecule has 0 spiro atoms. The molecule has 4 aromatic rings. The van der Waals surface area contributed by atoms with Gasteiger partial charge in [-0.05, 0) is 5.56 Å². The van der Waals surface area contributed by atoms with E-state index in [2.05, 4.69) is 37.9 Å². The van der Waals surface area contributed by atoms with Crippen LogP contribution in [0.1, 0.15) is 11.3 Å². The summed E-state index contributed by atoms with van der Waals surface area (Å²) in [6.45, 7) is 0.629. The molecule has 0 radical (unpaired) electrons. The van der Waals surface area contributed by atoms with Gasteiger partial charge in [0.05, 0.1) is 6.54 Å². The standard InChI is InChI=1S/C15H14N6S2/c16-13-18-19-15(23-10-11-4-2-1-3-5-11)21(13)9-12-8-20-6-7-22-14(20)17-12/h1-8H,9-10H2,(H2,16,18)/p+1. The van der Waals surface area contributed by atoms with Crippen LogP contribution < -0.4 is 10.1 Å². The van der Waals surface area contributed by atoms with Crippen LogP contribution in [0.4, 0.5) is 5.95 Å². The lowest BCUT2D eigenvalue weighted by molar-refractivity contribution is -0.505. The highest BCUT2D eigenvalue weighted by Gasteiger charge is 2.15. The van der Waals surface area contributed by atoms with Gasteiger partial charge in [0, 0.05) is 11.1 Å². The second-order valence-electron chi connectivity index (χ2n) is 5.10. The average Bonchev–Trinajstić information content (AvgIpc) is 3.23. The number of nitrogens with two attached hydrogens (primary N) is 1. The third kappa shape index (κ3) is 2.95. The topological polar surface area (TPSA) is 76.6 Å². The predicted molar refractivity (Wildman–Crippen MR) is 91.4 cm³/mol. The SMILES string of the molecule is Nc1nnc(SCc2ccccc2)n1Cc1c[n+]2ccsc2[nH]1. The fourth-order valence-corrected chi connectivity index (χ4v) is 4.00. The van der Waals surface area contributed by atoms with Crippen LogP contribution in [0.25, 0.3) is 4.96 Å². The summed E-state index contributed by atoms with van der Waals surface area (Å²) in [5.41, 5.74) is 8.31. The van der Waals surface area contributed by atoms with Gasteiger partial charge in [0.1, 0.15) is 12.4 Å². The number of fused-ring (bicyclic) bond motifs is 1. The van der Waals surface area contributed by atoms with E-state index in [0.29, 0.717) is 12.5 Å². The van der Waals surface area contributed by atoms with Gasteiger partial charge in [-0.3, -0.25) is 4.57 Å². The number of aromatic nitrogens is 5. The minimum Gasteiger partial charge on any atom is -0.368 e. The molecule has 0 amide bonds. The third-order valence-corrected chi connectivity index (χ3v) is 5.31. The van der Waals surface area contributed by atoms with Crippen molar-refractivity contribution in [2.75, 3.05) is 5.73 Å². The van der Waals surface area contributed by atoms with Gasteiger partial charge in [-0.2, -0.15) is 4.40 Å². The number of nitrogens with zero attached hydrogens (tertiary/aromatic N) is 4. The van der Waals surface area contributed by atoms with E-state index in [1.807, 2.05) is 34.3 Å². The number of aromatic amines is 1. The van der Waals surface area contributed by atoms with Crippen molar-refractivity contribution in [3.05, 3.63) is 59.4 Å². The van der Waals surface area contributed by atoms with Crippen LogP contribution >= 0.6 is 23.1 Å². The van der Waals surface area contributed by atoms with E-state index in [1.54, 1.807) is 23.1 Å². The molecule has 6 nitrogen and oxygen atoms in total. The highest BCUT2D eigenvalue weighted by Crippen LogP contribution is 2.23. The number of imidazole rings is 1. The van der Waals surface area contributed by atoms with Gasteiger partial charge in [-0.1, -0.05) is 53.4 Å². The van der Waals surface area contributed by atoms with E-state index < -0.39 is 0 Å². The molecule has 0 aliphatic carbocycles. The monoisotopic (exact) mass is 343 g/mol. The first-order chi connectivity index (χ1) is 11.3. The lowest BCUT2D eigenvalue weighted by Gasteiger charge is -2.05. The molecule has 3 N–H and O–H groups in total. The van der Waals surface area contributed by atoms with Gasteiger partial charge >= 0.3 is 4.96 Å². The van der Waals surface area contributed by atoms with Crippen molar-refractivity contribution in [2.24, 2.45) is 0 Å². The van der Waals surface area contributed by atoms with Gasteiger partial charge in [0.2, 0.25) is 5.95 Å². The summed E-state index contributed by atoms with van der Waals surface area (Å²) in [5, 5.41) is 11.1. The molecule has 1 aromatic carbocycles. The first kappa shape index (κ1) is 14.3. The number of nitrogens with one attached hydrogen (secondary N) is 1. The van der Waals surface area contributed by atoms with Crippen LogP contribution in [-0.4, -0.2) is 19.7 Å². The number of thioether (sulfide) groups is 1. The summed E-state index contributed by atoms with van der Waals surface area (Å²) in [5.74, 6) is 1.27. The summed E-state index contributed by atoms with van der Waals surface area (Å²) in [4.78, 5) is 4.48. The van der Waals surface area contributed by atoms with E-state index >= 15 is 0 Å². The maximum absolute atomic E-state index is 5.99. The molecule has 0 saturated carbocycles. The molecule has 116 valence electrons. The van der Waals surface area contributed by atoms with Crippen molar-refractivity contribution in [3.8, 4) is 0 Å². The van der Waals surface area contributed by atoms with Crippen molar-refractivity contribution in [1.82, 2.24) is 19.7 Å². The average molecular weight is 343 g/mol. The summed E-state index contributed by atoms with van der Waals surface area (Å²) >= 11 is 3.31. The molecule has 0 unspecified atom stereocenters. The van der Waals surface area contributed by atoms with Crippen LogP contribution in [0, 0.1) is 0 Å². The lowest BCUT2D eigenvalue weighted by atomic mass is 10.2. The second-order valence-corrected chi connectivity index (χ2v) is 6.93. The highest BCUT2D eigenvalue weighted by molar-refractivity contribution is 7.98. The minimum absolute atomic E-state index is 0.434. The van der Waals surface area contributed by atoms with Crippen molar-refractivity contribution in [3.63, 3.8) is 0 Å². The Morgan fingerprint density at radius 2 is 2.13 bits per heavy atom. The van der Waals surface area contributed by atoms with Gasteiger partial charge in [0.25, 0.3) is 0 Å². The minimum atomic E-state index is 0.434. The quantitative estimate of drug-likeness (QED) is 0.431. The predicted octanol–water partition coefficient (Wildman–Crippen LogP) is 2.33. The van der Waals surface area contributed by atoms with Crippen LogP contribution in [-0.2, 0) is 12.3 Å². The normalized spacial score (nSPS) is 11.3. The molecular formula is C15H15N6S2+. The van der Waals surface area contributed by atoms with E-state index in [-0.39, 0.29) is 0 Å². The molecule has 3 aromatic heterocycles. The zero-order valence-corrected chi connectivity index (χ0v) is 13.8. The van der Waals surface area contributed by atoms with Gasteiger partial charge < -0.3 is 5.73 Å². The van der Waals surface area contributed by atoms with Crippen molar-refractivity contribution >= 4 is 34.0 Å². The number of anilines is 1. The number of nitrogen functional groups attached to an aromatic ring is 1. The molecule has 4 rings (SSSR count). The van der Waals surface area contributed by atoms with E-state index in [0.717, 1.165) is 21.6 Å². The maximum Gasteiger partial charge on any atom is 0.343 e. The lowest BCUT2D eigenvalue weighted by Crippen LogP contribution is -2.12. The Morgan fingerprint density at radius 1 is 1.26 bits per heavy atom. The first-order valence-electron chi connectivity index (χ1n) is 7.11. The Hall–Kier alpha value is -2.32. The third-order valence-electron chi connectivity index (χ3n) is 3.48. The van der Waals surface area contributed by atoms with Gasteiger partial charge in [-0.25, -0.2) is 4.98 Å². The van der Waals surface area contributed by atoms with E-state index in [1.165, 1.54) is 5.56 Å². The fourth-order valence-electron chi connectivity index (χ4n) is 2.35. The number of hydrogen-bond donors (Lipinski definition) is 2. The second kappa shape index (κ2) is 6.05. The van der Waals surface area contributed by atoms with Crippen LogP contribution in [0.2, 0.25) is 0 Å². The molecular weight excluding hydrogens is 328 g/mol. The molecule has 23 heavy (non-hydrogen) atoms. The van der Waals surface area contributed by atoms with Gasteiger partial charge in [0.15, 0.2) is 10.9 Å². The van der Waals surface area contributed by atoms with Crippen molar-refractivity contribution < 1.29 is 4.40 Å². The van der Waals surface area contributed by atoms with Crippen LogP contribution in [0.3, 0.4) is 0 Å². The summed E-state index contributed by atoms with van der Waals surface area (Å²) in [6, 6.07) is 10.3. The molecule has 0 saturated heterocycles. The number of H-pyrrole nitrogens is 1. The fraction of sp³-hybridized carbons (Fsp3) is 0.133. The van der Waals surface area contributed by atoms with Crippen LogP contribution in [0.5, 0.6) is 0 Å². The molecule has 0 aliphatic heterocycles. The Labute approximate surface area is 141 Å². The Bertz CT molecular complexity index is 895. The van der Waals surface area contributed by atoms with Gasteiger partial charge in [-0.15, -0.1) is 10.2 Å². The van der Waals surface area contributed by atoms with Crippen LogP contribution in [0.15, 0.2) is 53.3 Å². The Balaban J connectivity index is 1.54. The molecule has 3 heterocycles. The summed E-state index contributed by atoms with van der Waals surface area (Å²) in [7, 11) is 0. The highest BCUT2D eigenvalue weighted by atomic mass is 32.2. The number of thiazole rings is 1. The number of hydrogen-bond acceptors (Lipinski definition) is 5. The molecule has 8 heteroatoms. The molecule has 0 aliphatic rings. The van der Waals surface area contributed by atoms with E-state index in [9.17, 15) is 0 Å². The van der Waals surface area contributed by atoms with E-state index in [4.69, 9.17) is 5.73 Å². The molecule has 0 fully saturated rings. The summed E-state index contributed by atoms with van der Waals surface area (Å²) < 4.78 is 4.00. The smallest absolute Gasteiger partial charge is 0.343 e.